The van der Waals surface area contributed by atoms with Gasteiger partial charge in [-0.25, -0.2) is 12.8 Å². The molecule has 45 heavy (non-hydrogen) atoms. The summed E-state index contributed by atoms with van der Waals surface area (Å²) in [4.78, 5) is 26.3. The first-order chi connectivity index (χ1) is 21.1. The zero-order chi connectivity index (χ0) is 32.8. The minimum atomic E-state index is -3.80. The molecular formula is C35H48FN3O5S. The smallest absolute Gasteiger partial charge is 0.259 e. The molecule has 246 valence electrons. The number of hydrogen-bond acceptors (Lipinski definition) is 6. The van der Waals surface area contributed by atoms with E-state index in [0.29, 0.717) is 30.6 Å². The molecule has 1 aliphatic heterocycles. The van der Waals surface area contributed by atoms with Gasteiger partial charge in [0.25, 0.3) is 5.91 Å². The van der Waals surface area contributed by atoms with Crippen molar-refractivity contribution >= 4 is 21.8 Å². The van der Waals surface area contributed by atoms with Gasteiger partial charge < -0.3 is 15.4 Å². The molecular weight excluding hydrogens is 593 g/mol. The van der Waals surface area contributed by atoms with Gasteiger partial charge in [-0.05, 0) is 94.5 Å². The largest absolute Gasteiger partial charge is 0.490 e. The van der Waals surface area contributed by atoms with Crippen LogP contribution in [0.15, 0.2) is 42.5 Å². The van der Waals surface area contributed by atoms with Crippen LogP contribution in [-0.4, -0.2) is 55.4 Å². The van der Waals surface area contributed by atoms with Crippen molar-refractivity contribution in [3.8, 4) is 16.9 Å². The summed E-state index contributed by atoms with van der Waals surface area (Å²) >= 11 is 0. The molecule has 0 unspecified atom stereocenters. The number of carbonyl (C=O) groups is 2. The van der Waals surface area contributed by atoms with E-state index >= 15 is 4.39 Å². The molecule has 1 saturated heterocycles. The van der Waals surface area contributed by atoms with Crippen LogP contribution in [0.3, 0.4) is 0 Å². The van der Waals surface area contributed by atoms with Gasteiger partial charge in [0, 0.05) is 36.5 Å². The average molecular weight is 642 g/mol. The van der Waals surface area contributed by atoms with Gasteiger partial charge in [0.05, 0.1) is 10.7 Å². The number of benzene rings is 2. The summed E-state index contributed by atoms with van der Waals surface area (Å²) in [6, 6.07) is 13.5. The van der Waals surface area contributed by atoms with E-state index in [0.717, 1.165) is 36.0 Å². The van der Waals surface area contributed by atoms with Crippen LogP contribution >= 0.6 is 0 Å². The average Bonchev–Trinajstić information content (AvgIpc) is 3.57. The van der Waals surface area contributed by atoms with Crippen LogP contribution in [-0.2, 0) is 25.0 Å². The Morgan fingerprint density at radius 1 is 1.04 bits per heavy atom. The molecule has 3 atom stereocenters. The van der Waals surface area contributed by atoms with Gasteiger partial charge in [-0.15, -0.1) is 0 Å². The Bertz CT molecular complexity index is 1550. The second kappa shape index (κ2) is 12.3. The Hall–Kier alpha value is -2.98. The normalized spacial score (nSPS) is 24.6. The molecule has 2 aromatic carbocycles. The number of sulfonamides is 1. The molecule has 0 radical (unpaired) electrons. The maximum atomic E-state index is 15.6. The van der Waals surface area contributed by atoms with Gasteiger partial charge in [0.2, 0.25) is 21.6 Å². The zero-order valence-corrected chi connectivity index (χ0v) is 28.2. The number of amides is 2. The first-order valence-electron chi connectivity index (χ1n) is 16.3. The molecule has 2 aliphatic carbocycles. The van der Waals surface area contributed by atoms with Crippen molar-refractivity contribution in [3.05, 3.63) is 53.6 Å². The van der Waals surface area contributed by atoms with Crippen molar-refractivity contribution < 1.29 is 27.1 Å². The number of rotatable bonds is 10. The zero-order valence-electron chi connectivity index (χ0n) is 27.3. The van der Waals surface area contributed by atoms with Crippen LogP contribution in [0.2, 0.25) is 0 Å². The van der Waals surface area contributed by atoms with Crippen LogP contribution in [0.5, 0.6) is 5.75 Å². The molecule has 5 rings (SSSR count). The third kappa shape index (κ3) is 6.77. The van der Waals surface area contributed by atoms with Crippen LogP contribution < -0.4 is 20.1 Å². The summed E-state index contributed by atoms with van der Waals surface area (Å²) < 4.78 is 49.5. The predicted molar refractivity (Wildman–Crippen MR) is 174 cm³/mol. The summed E-state index contributed by atoms with van der Waals surface area (Å²) in [6.07, 6.45) is 4.93. The number of hydrogen-bond donors (Lipinski definition) is 3. The molecule has 3 fully saturated rings. The van der Waals surface area contributed by atoms with Gasteiger partial charge in [-0.2, -0.15) is 0 Å². The fraction of sp³-hybridized carbons (Fsp3) is 0.600. The van der Waals surface area contributed by atoms with E-state index in [2.05, 4.69) is 35.3 Å². The quantitative estimate of drug-likeness (QED) is 0.309. The maximum Gasteiger partial charge on any atom is 0.259 e. The van der Waals surface area contributed by atoms with Crippen molar-refractivity contribution in [2.75, 3.05) is 6.54 Å². The van der Waals surface area contributed by atoms with Crippen molar-refractivity contribution in [2.24, 2.45) is 0 Å². The molecule has 1 spiro atoms. The van der Waals surface area contributed by atoms with Crippen molar-refractivity contribution in [3.63, 3.8) is 0 Å². The summed E-state index contributed by atoms with van der Waals surface area (Å²) in [5.41, 5.74) is 0.304. The molecule has 3 N–H and O–H groups in total. The highest BCUT2D eigenvalue weighted by molar-refractivity contribution is 7.90. The standard InChI is InChI=1S/C35H48FN3O5S/c1-22(2)27-10-7-8-11-28(27)29-18-24(33(5,6)31(40)39-45(42,43)23(3)4)12-15-30(29)44-26-14-13-25(19-26)38-32(41)35(36)20-34(37-21-35)16-9-17-34/h7-8,10-12,15,18,22-23,25-26,37H,9,13-14,16-17,19-21H2,1-6H3,(H,38,41)(H,39,40)/t25-,26-,35+/m1/s1. The van der Waals surface area contributed by atoms with Crippen molar-refractivity contribution in [2.45, 2.75) is 126 Å². The Morgan fingerprint density at radius 3 is 2.38 bits per heavy atom. The molecule has 1 heterocycles. The Kier molecular flexibility index (Phi) is 9.14. The second-order valence-corrected chi connectivity index (χ2v) is 16.7. The third-order valence-electron chi connectivity index (χ3n) is 10.1. The Labute approximate surface area is 267 Å². The van der Waals surface area contributed by atoms with Crippen LogP contribution in [0, 0.1) is 0 Å². The summed E-state index contributed by atoms with van der Waals surface area (Å²) in [6.45, 7) is 10.8. The fourth-order valence-electron chi connectivity index (χ4n) is 6.76. The van der Waals surface area contributed by atoms with Crippen molar-refractivity contribution in [1.29, 1.82) is 0 Å². The molecule has 8 nitrogen and oxygen atoms in total. The lowest BCUT2D eigenvalue weighted by Crippen LogP contribution is -2.49. The van der Waals surface area contributed by atoms with E-state index in [1.54, 1.807) is 13.8 Å². The summed E-state index contributed by atoms with van der Waals surface area (Å²) in [5.74, 6) is -0.272. The summed E-state index contributed by atoms with van der Waals surface area (Å²) in [7, 11) is -3.80. The van der Waals surface area contributed by atoms with E-state index in [-0.39, 0.29) is 36.6 Å². The maximum absolute atomic E-state index is 15.6. The topological polar surface area (TPSA) is 114 Å². The van der Waals surface area contributed by atoms with Crippen LogP contribution in [0.4, 0.5) is 4.39 Å². The molecule has 3 aliphatic rings. The van der Waals surface area contributed by atoms with Gasteiger partial charge in [0.15, 0.2) is 0 Å². The Morgan fingerprint density at radius 2 is 1.76 bits per heavy atom. The van der Waals surface area contributed by atoms with Gasteiger partial charge in [0.1, 0.15) is 11.9 Å². The van der Waals surface area contributed by atoms with Gasteiger partial charge in [-0.1, -0.05) is 44.2 Å². The lowest BCUT2D eigenvalue weighted by atomic mass is 9.74. The second-order valence-electron chi connectivity index (χ2n) is 14.5. The van der Waals surface area contributed by atoms with E-state index in [1.807, 2.05) is 36.4 Å². The third-order valence-corrected chi connectivity index (χ3v) is 11.8. The Balaban J connectivity index is 1.37. The molecule has 2 aromatic rings. The molecule has 2 amide bonds. The van der Waals surface area contributed by atoms with E-state index in [1.165, 1.54) is 13.8 Å². The first kappa shape index (κ1) is 33.4. The molecule has 0 aromatic heterocycles. The molecule has 10 heteroatoms. The number of halogens is 1. The summed E-state index contributed by atoms with van der Waals surface area (Å²) in [5, 5.41) is 5.49. The molecule has 2 saturated carbocycles. The monoisotopic (exact) mass is 641 g/mol. The first-order valence-corrected chi connectivity index (χ1v) is 17.8. The highest BCUT2D eigenvalue weighted by Crippen LogP contribution is 2.45. The van der Waals surface area contributed by atoms with Crippen molar-refractivity contribution in [1.82, 2.24) is 15.4 Å². The number of alkyl halides is 1. The number of carbonyl (C=O) groups excluding carboxylic acids is 2. The minimum absolute atomic E-state index is 0.0637. The number of nitrogens with one attached hydrogen (secondary N) is 3. The lowest BCUT2D eigenvalue weighted by Gasteiger charge is -2.38. The van der Waals surface area contributed by atoms with Gasteiger partial charge in [-0.3, -0.25) is 14.3 Å². The van der Waals surface area contributed by atoms with Crippen LogP contribution in [0.25, 0.3) is 11.1 Å². The van der Waals surface area contributed by atoms with E-state index in [9.17, 15) is 18.0 Å². The van der Waals surface area contributed by atoms with E-state index < -0.39 is 38.2 Å². The SMILES string of the molecule is CC(C)c1ccccc1-c1cc(C(C)(C)C(=O)NS(=O)(=O)C(C)C)ccc1O[C@@H]1CC[C@@H](NC(=O)[C@@]2(F)CNC3(CCC3)C2)C1. The fourth-order valence-corrected chi connectivity index (χ4v) is 7.51. The molecule has 0 bridgehead atoms. The predicted octanol–water partition coefficient (Wildman–Crippen LogP) is 5.65. The highest BCUT2D eigenvalue weighted by Gasteiger charge is 2.55. The highest BCUT2D eigenvalue weighted by atomic mass is 32.2. The van der Waals surface area contributed by atoms with Gasteiger partial charge >= 0.3 is 0 Å². The lowest BCUT2D eigenvalue weighted by molar-refractivity contribution is -0.133. The number of ether oxygens (including phenoxy) is 1. The van der Waals surface area contributed by atoms with Crippen LogP contribution in [0.1, 0.15) is 104 Å². The minimum Gasteiger partial charge on any atom is -0.490 e. The van der Waals surface area contributed by atoms with E-state index in [4.69, 9.17) is 4.74 Å².